The van der Waals surface area contributed by atoms with Gasteiger partial charge in [-0.25, -0.2) is 0 Å². The maximum atomic E-state index is 12.8. The quantitative estimate of drug-likeness (QED) is 0.152. The molecule has 0 spiro atoms. The third-order valence-electron chi connectivity index (χ3n) is 4.66. The molecule has 0 bridgehead atoms. The van der Waals surface area contributed by atoms with Crippen LogP contribution in [0.2, 0.25) is 0 Å². The molecule has 2 rings (SSSR count). The van der Waals surface area contributed by atoms with Gasteiger partial charge >= 0.3 is 5.97 Å². The fourth-order valence-corrected chi connectivity index (χ4v) is 4.88. The number of halogens is 1. The Balaban J connectivity index is 2.08. The Morgan fingerprint density at radius 3 is 2.68 bits per heavy atom. The number of methoxy groups -OCH3 is 2. The fourth-order valence-electron chi connectivity index (χ4n) is 2.99. The highest BCUT2D eigenvalue weighted by Crippen LogP contribution is 2.39. The molecule has 1 aliphatic rings. The molecule has 0 unspecified atom stereocenters. The van der Waals surface area contributed by atoms with E-state index in [9.17, 15) is 9.59 Å². The molecule has 0 aliphatic carbocycles. The van der Waals surface area contributed by atoms with Gasteiger partial charge in [-0.15, -0.1) is 0 Å². The molecule has 1 aromatic carbocycles. The van der Waals surface area contributed by atoms with E-state index in [1.165, 1.54) is 36.6 Å². The number of rotatable bonds is 12. The lowest BCUT2D eigenvalue weighted by Crippen LogP contribution is -2.29. The number of amides is 1. The number of nitrogens with zero attached hydrogens (tertiary/aromatic N) is 1. The van der Waals surface area contributed by atoms with Crippen molar-refractivity contribution < 1.29 is 23.8 Å². The smallest absolute Gasteiger partial charge is 0.305 e. The monoisotopic (exact) mass is 529 g/mol. The second kappa shape index (κ2) is 13.1. The van der Waals surface area contributed by atoms with Crippen LogP contribution in [0.1, 0.15) is 51.0 Å². The van der Waals surface area contributed by atoms with Crippen molar-refractivity contribution in [2.24, 2.45) is 0 Å². The minimum atomic E-state index is -0.300. The number of unbranched alkanes of at least 4 members (excludes halogenated alkanes) is 3. The van der Waals surface area contributed by atoms with Crippen LogP contribution in [0.15, 0.2) is 21.5 Å². The van der Waals surface area contributed by atoms with Crippen LogP contribution in [-0.2, 0) is 14.3 Å². The maximum absolute atomic E-state index is 12.8. The Labute approximate surface area is 201 Å². The number of ether oxygens (including phenoxy) is 3. The summed E-state index contributed by atoms with van der Waals surface area (Å²) in [5, 5.41) is 0. The standard InChI is InChI=1S/C22H28BrNO5S2/c1-4-5-6-7-11-29-20-16(23)12-15(13-17(20)27-2)14-18-21(26)24(22(30)31-18)10-8-9-19(25)28-3/h12-14H,4-11H2,1-3H3/b18-14-. The molecule has 170 valence electrons. The van der Waals surface area contributed by atoms with E-state index in [0.717, 1.165) is 22.9 Å². The van der Waals surface area contributed by atoms with E-state index in [1.807, 2.05) is 12.1 Å². The first-order valence-corrected chi connectivity index (χ1v) is 12.3. The second-order valence-corrected chi connectivity index (χ2v) is 9.49. The largest absolute Gasteiger partial charge is 0.493 e. The zero-order chi connectivity index (χ0) is 22.8. The Morgan fingerprint density at radius 1 is 1.23 bits per heavy atom. The lowest BCUT2D eigenvalue weighted by atomic mass is 10.1. The predicted octanol–water partition coefficient (Wildman–Crippen LogP) is 5.57. The van der Waals surface area contributed by atoms with Crippen molar-refractivity contribution in [2.75, 3.05) is 27.4 Å². The number of esters is 1. The van der Waals surface area contributed by atoms with Crippen LogP contribution in [0.5, 0.6) is 11.5 Å². The Bertz CT molecular complexity index is 843. The SMILES string of the molecule is CCCCCCOc1c(Br)cc(/C=C2\SC(=S)N(CCCC(=O)OC)C2=O)cc1OC. The molecule has 1 amide bonds. The zero-order valence-electron chi connectivity index (χ0n) is 18.1. The zero-order valence-corrected chi connectivity index (χ0v) is 21.3. The minimum Gasteiger partial charge on any atom is -0.493 e. The normalized spacial score (nSPS) is 15.0. The van der Waals surface area contributed by atoms with E-state index in [4.69, 9.17) is 21.7 Å². The maximum Gasteiger partial charge on any atom is 0.305 e. The van der Waals surface area contributed by atoms with E-state index in [-0.39, 0.29) is 18.3 Å². The van der Waals surface area contributed by atoms with E-state index in [0.29, 0.717) is 40.3 Å². The summed E-state index contributed by atoms with van der Waals surface area (Å²) in [5.41, 5.74) is 0.803. The lowest BCUT2D eigenvalue weighted by molar-refractivity contribution is -0.141. The van der Waals surface area contributed by atoms with Gasteiger partial charge in [0.05, 0.1) is 30.2 Å². The summed E-state index contributed by atoms with van der Waals surface area (Å²) in [4.78, 5) is 26.1. The minimum absolute atomic E-state index is 0.161. The number of carbonyl (C=O) groups is 2. The topological polar surface area (TPSA) is 65.1 Å². The molecule has 1 heterocycles. The van der Waals surface area contributed by atoms with Crippen molar-refractivity contribution >= 4 is 62.2 Å². The van der Waals surface area contributed by atoms with Crippen molar-refractivity contribution in [3.05, 3.63) is 27.1 Å². The van der Waals surface area contributed by atoms with Gasteiger partial charge in [0.2, 0.25) is 0 Å². The van der Waals surface area contributed by atoms with Gasteiger partial charge in [-0.1, -0.05) is 50.2 Å². The summed E-state index contributed by atoms with van der Waals surface area (Å²) >= 11 is 10.2. The van der Waals surface area contributed by atoms with Gasteiger partial charge in [0.15, 0.2) is 11.5 Å². The van der Waals surface area contributed by atoms with Gasteiger partial charge in [0.1, 0.15) is 4.32 Å². The molecule has 0 aromatic heterocycles. The van der Waals surface area contributed by atoms with E-state index in [1.54, 1.807) is 13.2 Å². The van der Waals surface area contributed by atoms with Crippen LogP contribution in [0.25, 0.3) is 6.08 Å². The molecule has 6 nitrogen and oxygen atoms in total. The molecule has 0 saturated carbocycles. The van der Waals surface area contributed by atoms with Crippen molar-refractivity contribution in [3.63, 3.8) is 0 Å². The Kier molecular flexibility index (Phi) is 10.8. The molecular formula is C22H28BrNO5S2. The van der Waals surface area contributed by atoms with Crippen LogP contribution >= 0.6 is 39.9 Å². The highest BCUT2D eigenvalue weighted by atomic mass is 79.9. The summed E-state index contributed by atoms with van der Waals surface area (Å²) in [6.45, 7) is 3.18. The number of hydrogen-bond acceptors (Lipinski definition) is 7. The van der Waals surface area contributed by atoms with Crippen molar-refractivity contribution in [1.29, 1.82) is 0 Å². The highest BCUT2D eigenvalue weighted by molar-refractivity contribution is 9.10. The van der Waals surface area contributed by atoms with Gasteiger partial charge < -0.3 is 14.2 Å². The van der Waals surface area contributed by atoms with Gasteiger partial charge in [-0.3, -0.25) is 14.5 Å². The molecule has 1 saturated heterocycles. The van der Waals surface area contributed by atoms with Gasteiger partial charge in [0, 0.05) is 13.0 Å². The summed E-state index contributed by atoms with van der Waals surface area (Å²) in [6.07, 6.45) is 7.03. The van der Waals surface area contributed by atoms with Crippen LogP contribution in [0.4, 0.5) is 0 Å². The number of carbonyl (C=O) groups excluding carboxylic acids is 2. The van der Waals surface area contributed by atoms with Gasteiger partial charge in [-0.2, -0.15) is 0 Å². The van der Waals surface area contributed by atoms with Gasteiger partial charge in [-0.05, 0) is 52.5 Å². The molecule has 0 atom stereocenters. The number of thioether (sulfide) groups is 1. The first-order chi connectivity index (χ1) is 14.9. The molecule has 1 aromatic rings. The first-order valence-electron chi connectivity index (χ1n) is 10.2. The van der Waals surface area contributed by atoms with E-state index in [2.05, 4.69) is 27.6 Å². The molecular weight excluding hydrogens is 502 g/mol. The molecule has 1 aliphatic heterocycles. The molecule has 1 fully saturated rings. The predicted molar refractivity (Wildman–Crippen MR) is 131 cm³/mol. The number of benzene rings is 1. The van der Waals surface area contributed by atoms with Crippen molar-refractivity contribution in [2.45, 2.75) is 45.4 Å². The molecule has 0 radical (unpaired) electrons. The van der Waals surface area contributed by atoms with E-state index < -0.39 is 0 Å². The molecule has 31 heavy (non-hydrogen) atoms. The lowest BCUT2D eigenvalue weighted by Gasteiger charge is -2.14. The Morgan fingerprint density at radius 2 is 2.00 bits per heavy atom. The number of thiocarbonyl (C=S) groups is 1. The summed E-state index contributed by atoms with van der Waals surface area (Å²) in [5.74, 6) is 0.799. The van der Waals surface area contributed by atoms with Crippen molar-refractivity contribution in [1.82, 2.24) is 4.90 Å². The fraction of sp³-hybridized carbons (Fsp3) is 0.500. The van der Waals surface area contributed by atoms with Gasteiger partial charge in [0.25, 0.3) is 5.91 Å². The van der Waals surface area contributed by atoms with E-state index >= 15 is 0 Å². The molecule has 9 heteroatoms. The highest BCUT2D eigenvalue weighted by Gasteiger charge is 2.31. The summed E-state index contributed by atoms with van der Waals surface area (Å²) < 4.78 is 17.3. The average Bonchev–Trinajstić information content (AvgIpc) is 3.01. The Hall–Kier alpha value is -1.58. The third-order valence-corrected chi connectivity index (χ3v) is 6.62. The third kappa shape index (κ3) is 7.50. The van der Waals surface area contributed by atoms with Crippen molar-refractivity contribution in [3.8, 4) is 11.5 Å². The van der Waals surface area contributed by atoms with Crippen LogP contribution in [-0.4, -0.2) is 48.5 Å². The summed E-state index contributed by atoms with van der Waals surface area (Å²) in [6, 6.07) is 3.74. The molecule has 0 N–H and O–H groups in total. The number of hydrogen-bond donors (Lipinski definition) is 0. The second-order valence-electron chi connectivity index (χ2n) is 6.96. The first kappa shape index (κ1) is 25.7. The van der Waals surface area contributed by atoms with Crippen LogP contribution in [0.3, 0.4) is 0 Å². The van der Waals surface area contributed by atoms with Crippen LogP contribution < -0.4 is 9.47 Å². The average molecular weight is 531 g/mol. The summed E-state index contributed by atoms with van der Waals surface area (Å²) in [7, 11) is 2.94. The van der Waals surface area contributed by atoms with Crippen LogP contribution in [0, 0.1) is 0 Å².